The Hall–Kier alpha value is -7.50. The Kier molecular flexibility index (Phi) is 15.0. The molecule has 8 rings (SSSR count). The van der Waals surface area contributed by atoms with Gasteiger partial charge in [0.15, 0.2) is 11.6 Å². The minimum Gasteiger partial charge on any atom is -0.497 e. The first-order chi connectivity index (χ1) is 34.9. The lowest BCUT2D eigenvalue weighted by Gasteiger charge is -2.18. The van der Waals surface area contributed by atoms with Crippen LogP contribution in [0.5, 0.6) is 23.0 Å². The summed E-state index contributed by atoms with van der Waals surface area (Å²) in [6, 6.07) is 24.0. The Morgan fingerprint density at radius 1 is 0.583 bits per heavy atom. The molecule has 0 saturated carbocycles. The number of nitrogens with zero attached hydrogens (tertiary/aromatic N) is 8. The Labute approximate surface area is 429 Å². The molecule has 2 N–H and O–H groups in total. The summed E-state index contributed by atoms with van der Waals surface area (Å²) in [4.78, 5) is 52.9. The zero-order chi connectivity index (χ0) is 53.9. The van der Waals surface area contributed by atoms with E-state index in [-0.39, 0.29) is 39.6 Å². The molecule has 0 unspecified atom stereocenters. The summed E-state index contributed by atoms with van der Waals surface area (Å²) >= 11 is 12.9. The van der Waals surface area contributed by atoms with Gasteiger partial charge < -0.3 is 29.2 Å². The van der Waals surface area contributed by atoms with Crippen LogP contribution in [0.4, 0.5) is 0 Å². The van der Waals surface area contributed by atoms with Gasteiger partial charge in [0, 0.05) is 48.3 Å². The Morgan fingerprint density at radius 2 is 1.01 bits per heavy atom. The summed E-state index contributed by atoms with van der Waals surface area (Å²) in [5.41, 5.74) is 3.39. The largest absolute Gasteiger partial charge is 0.497 e. The Bertz CT molecular complexity index is 3510. The summed E-state index contributed by atoms with van der Waals surface area (Å²) < 4.78 is 41.7. The number of pyridine rings is 4. The maximum atomic E-state index is 13.4. The summed E-state index contributed by atoms with van der Waals surface area (Å²) in [6.07, 6.45) is 6.39. The van der Waals surface area contributed by atoms with Crippen LogP contribution < -0.4 is 30.1 Å². The molecule has 0 saturated heterocycles. The molecule has 6 heterocycles. The van der Waals surface area contributed by atoms with Crippen LogP contribution in [-0.2, 0) is 24.4 Å². The Morgan fingerprint density at radius 3 is 1.46 bits per heavy atom. The van der Waals surface area contributed by atoms with E-state index in [2.05, 4.69) is 29.9 Å². The van der Waals surface area contributed by atoms with E-state index in [0.717, 1.165) is 16.9 Å². The predicted molar refractivity (Wildman–Crippen MR) is 276 cm³/mol. The van der Waals surface area contributed by atoms with E-state index in [4.69, 9.17) is 44.9 Å². The third-order valence-corrected chi connectivity index (χ3v) is 11.7. The predicted octanol–water partition coefficient (Wildman–Crippen LogP) is 9.55. The standard InChI is InChI=1S/2C27H27ClN4O4/c2*1-16-14-30-21(20-9-10-29-26(31-20)27(3,4)34)13-22(16)32-17(2)11-23(24(28)25(32)33)36-15-18-7-6-8-19(12-18)35-5/h2*6-14,34H,15H2,1-5H3/i15D2;. The maximum Gasteiger partial charge on any atom is 0.277 e. The summed E-state index contributed by atoms with van der Waals surface area (Å²) in [6.45, 7) is 11.5. The lowest BCUT2D eigenvalue weighted by atomic mass is 10.1. The molecular formula is C54H54Cl2N8O8. The lowest BCUT2D eigenvalue weighted by molar-refractivity contribution is 0.0683. The van der Waals surface area contributed by atoms with Crippen LogP contribution in [0.2, 0.25) is 10.0 Å². The van der Waals surface area contributed by atoms with Crippen LogP contribution in [0.3, 0.4) is 0 Å². The van der Waals surface area contributed by atoms with Crippen molar-refractivity contribution in [3.8, 4) is 57.1 Å². The number of benzene rings is 2. The summed E-state index contributed by atoms with van der Waals surface area (Å²) in [5.74, 6) is 1.91. The highest BCUT2D eigenvalue weighted by molar-refractivity contribution is 6.32. The topological polar surface area (TPSA) is 199 Å². The lowest BCUT2D eigenvalue weighted by Crippen LogP contribution is -2.23. The van der Waals surface area contributed by atoms with Crippen molar-refractivity contribution in [3.05, 3.63) is 186 Å². The van der Waals surface area contributed by atoms with Crippen molar-refractivity contribution in [1.29, 1.82) is 0 Å². The Balaban J connectivity index is 0.000000217. The number of aromatic nitrogens is 8. The van der Waals surface area contributed by atoms with E-state index in [1.165, 1.54) is 34.6 Å². The number of methoxy groups -OCH3 is 2. The SMILES string of the molecule is COc1cccc(COc2cc(C)n(-c3cc(-c4ccnc(C(C)(C)O)n4)ncc3C)c(=O)c2Cl)c1.[2H]C([2H])(Oc1cc(C)n(-c2cc(-c3ccnc(C(C)(C)O)n3)ncc2C)c(=O)c1Cl)c1cccc(OC)c1. The molecule has 2 aromatic carbocycles. The van der Waals surface area contributed by atoms with Crippen molar-refractivity contribution in [2.75, 3.05) is 14.2 Å². The van der Waals surface area contributed by atoms with Crippen LogP contribution in [0, 0.1) is 27.7 Å². The summed E-state index contributed by atoms with van der Waals surface area (Å²) in [5, 5.41) is 20.3. The molecular weight excluding hydrogens is 960 g/mol. The van der Waals surface area contributed by atoms with Crippen LogP contribution >= 0.6 is 23.2 Å². The van der Waals surface area contributed by atoms with Crippen molar-refractivity contribution in [3.63, 3.8) is 0 Å². The van der Waals surface area contributed by atoms with Gasteiger partial charge in [-0.2, -0.15) is 0 Å². The molecule has 0 aliphatic heterocycles. The van der Waals surface area contributed by atoms with Gasteiger partial charge in [0.2, 0.25) is 0 Å². The molecule has 18 heteroatoms. The van der Waals surface area contributed by atoms with Gasteiger partial charge in [-0.05, 0) is 126 Å². The second-order valence-electron chi connectivity index (χ2n) is 17.6. The normalized spacial score (nSPS) is 12.0. The molecule has 0 fully saturated rings. The van der Waals surface area contributed by atoms with Crippen molar-refractivity contribution in [2.45, 2.75) is 79.8 Å². The van der Waals surface area contributed by atoms with Gasteiger partial charge >= 0.3 is 0 Å². The van der Waals surface area contributed by atoms with E-state index in [0.29, 0.717) is 62.6 Å². The second kappa shape index (κ2) is 21.9. The van der Waals surface area contributed by atoms with Crippen LogP contribution in [-0.4, -0.2) is 63.5 Å². The molecule has 8 aromatic rings. The highest BCUT2D eigenvalue weighted by atomic mass is 35.5. The molecule has 0 amide bonds. The minimum atomic E-state index is -2.28. The number of ether oxygens (including phenoxy) is 4. The van der Waals surface area contributed by atoms with E-state index in [1.54, 1.807) is 116 Å². The van der Waals surface area contributed by atoms with Gasteiger partial charge in [-0.3, -0.25) is 28.7 Å². The van der Waals surface area contributed by atoms with Crippen LogP contribution in [0.1, 0.15) is 75.7 Å². The molecule has 0 atom stereocenters. The van der Waals surface area contributed by atoms with Gasteiger partial charge in [-0.25, -0.2) is 19.9 Å². The van der Waals surface area contributed by atoms with Gasteiger partial charge in [0.25, 0.3) is 11.1 Å². The number of halogens is 2. The van der Waals surface area contributed by atoms with E-state index >= 15 is 0 Å². The van der Waals surface area contributed by atoms with Gasteiger partial charge in [0.1, 0.15) is 57.4 Å². The molecule has 72 heavy (non-hydrogen) atoms. The highest BCUT2D eigenvalue weighted by Crippen LogP contribution is 2.30. The summed E-state index contributed by atoms with van der Waals surface area (Å²) in [7, 11) is 3.09. The first-order valence-electron chi connectivity index (χ1n) is 23.4. The zero-order valence-electron chi connectivity index (χ0n) is 43.3. The van der Waals surface area contributed by atoms with Crippen LogP contribution in [0.15, 0.2) is 119 Å². The molecule has 0 aliphatic carbocycles. The first kappa shape index (κ1) is 49.5. The molecule has 0 spiro atoms. The molecule has 0 radical (unpaired) electrons. The molecule has 372 valence electrons. The monoisotopic (exact) mass is 1010 g/mol. The van der Waals surface area contributed by atoms with E-state index in [9.17, 15) is 19.8 Å². The van der Waals surface area contributed by atoms with Gasteiger partial charge in [-0.15, -0.1) is 0 Å². The fourth-order valence-electron chi connectivity index (χ4n) is 7.25. The number of rotatable bonds is 14. The number of aryl methyl sites for hydroxylation is 4. The second-order valence-corrected chi connectivity index (χ2v) is 18.4. The smallest absolute Gasteiger partial charge is 0.277 e. The quantitative estimate of drug-likeness (QED) is 0.104. The third-order valence-electron chi connectivity index (χ3n) is 11.0. The highest BCUT2D eigenvalue weighted by Gasteiger charge is 2.23. The molecule has 16 nitrogen and oxygen atoms in total. The fraction of sp³-hybridized carbons (Fsp3) is 0.259. The fourth-order valence-corrected chi connectivity index (χ4v) is 7.62. The number of aliphatic hydroxyl groups is 2. The molecule has 0 aliphatic rings. The van der Waals surface area contributed by atoms with Gasteiger partial charge in [0.05, 0.1) is 51.1 Å². The van der Waals surface area contributed by atoms with Crippen LogP contribution in [0.25, 0.3) is 34.2 Å². The van der Waals surface area contributed by atoms with Gasteiger partial charge in [-0.1, -0.05) is 47.5 Å². The number of hydrogen-bond acceptors (Lipinski definition) is 14. The van der Waals surface area contributed by atoms with Crippen molar-refractivity contribution >= 4 is 23.2 Å². The van der Waals surface area contributed by atoms with Crippen molar-refractivity contribution in [1.82, 2.24) is 39.0 Å². The number of hydrogen-bond donors (Lipinski definition) is 2. The molecule has 6 aromatic heterocycles. The average Bonchev–Trinajstić information content (AvgIpc) is 3.37. The maximum absolute atomic E-state index is 13.4. The van der Waals surface area contributed by atoms with E-state index < -0.39 is 28.9 Å². The minimum absolute atomic E-state index is 0.0207. The van der Waals surface area contributed by atoms with Crippen molar-refractivity contribution < 1.29 is 31.9 Å². The first-order valence-corrected chi connectivity index (χ1v) is 23.2. The molecule has 0 bridgehead atoms. The van der Waals surface area contributed by atoms with Crippen molar-refractivity contribution in [2.24, 2.45) is 0 Å². The average molecular weight is 1020 g/mol. The zero-order valence-corrected chi connectivity index (χ0v) is 42.8. The van der Waals surface area contributed by atoms with E-state index in [1.807, 2.05) is 38.1 Å². The third kappa shape index (κ3) is 12.0.